The Morgan fingerprint density at radius 3 is 2.71 bits per heavy atom. The minimum absolute atomic E-state index is 0.207. The van der Waals surface area contributed by atoms with E-state index in [0.29, 0.717) is 33.6 Å². The second kappa shape index (κ2) is 6.20. The molecule has 0 atom stereocenters. The van der Waals surface area contributed by atoms with Gasteiger partial charge in [0.15, 0.2) is 5.43 Å². The van der Waals surface area contributed by atoms with Gasteiger partial charge in [-0.25, -0.2) is 0 Å². The van der Waals surface area contributed by atoms with Crippen LogP contribution in [-0.2, 0) is 11.2 Å². The zero-order valence-corrected chi connectivity index (χ0v) is 13.3. The summed E-state index contributed by atoms with van der Waals surface area (Å²) in [6, 6.07) is 11.9. The first-order valence-electron chi connectivity index (χ1n) is 7.41. The van der Waals surface area contributed by atoms with Crippen molar-refractivity contribution < 1.29 is 19.1 Å². The van der Waals surface area contributed by atoms with Crippen LogP contribution < -0.4 is 10.2 Å². The Morgan fingerprint density at radius 2 is 2.00 bits per heavy atom. The van der Waals surface area contributed by atoms with E-state index in [0.717, 1.165) is 5.56 Å². The molecule has 5 nitrogen and oxygen atoms in total. The Bertz CT molecular complexity index is 985. The number of hydrogen-bond acceptors (Lipinski definition) is 4. The molecule has 0 aliphatic rings. The summed E-state index contributed by atoms with van der Waals surface area (Å²) >= 11 is 0. The number of fused-ring (bicyclic) bond motifs is 1. The molecule has 0 fully saturated rings. The van der Waals surface area contributed by atoms with Crippen LogP contribution in [0.1, 0.15) is 11.1 Å². The molecular weight excluding hydrogens is 308 g/mol. The summed E-state index contributed by atoms with van der Waals surface area (Å²) in [5.41, 5.74) is 2.24. The van der Waals surface area contributed by atoms with E-state index in [4.69, 9.17) is 14.3 Å². The summed E-state index contributed by atoms with van der Waals surface area (Å²) in [5.74, 6) is 0.0617. The molecule has 0 spiro atoms. The van der Waals surface area contributed by atoms with Crippen molar-refractivity contribution in [2.45, 2.75) is 13.3 Å². The topological polar surface area (TPSA) is 76.7 Å². The van der Waals surface area contributed by atoms with Crippen LogP contribution in [0.25, 0.3) is 22.3 Å². The smallest absolute Gasteiger partial charge is 0.307 e. The predicted octanol–water partition coefficient (Wildman–Crippen LogP) is 3.40. The van der Waals surface area contributed by atoms with E-state index in [2.05, 4.69) is 0 Å². The Kier molecular flexibility index (Phi) is 4.08. The zero-order chi connectivity index (χ0) is 17.3. The minimum atomic E-state index is -0.979. The van der Waals surface area contributed by atoms with Crippen LogP contribution in [0.15, 0.2) is 51.7 Å². The normalized spacial score (nSPS) is 10.8. The third kappa shape index (κ3) is 3.01. The van der Waals surface area contributed by atoms with Gasteiger partial charge in [0.2, 0.25) is 0 Å². The van der Waals surface area contributed by atoms with E-state index in [1.54, 1.807) is 31.4 Å². The fourth-order valence-corrected chi connectivity index (χ4v) is 2.69. The van der Waals surface area contributed by atoms with Crippen molar-refractivity contribution in [1.82, 2.24) is 0 Å². The Balaban J connectivity index is 2.25. The largest absolute Gasteiger partial charge is 0.497 e. The molecule has 0 aliphatic heterocycles. The molecule has 0 saturated heterocycles. The van der Waals surface area contributed by atoms with Gasteiger partial charge < -0.3 is 14.3 Å². The first-order valence-corrected chi connectivity index (χ1v) is 7.41. The van der Waals surface area contributed by atoms with Gasteiger partial charge in [-0.2, -0.15) is 0 Å². The molecule has 3 rings (SSSR count). The molecule has 0 bridgehead atoms. The average Bonchev–Trinajstić information content (AvgIpc) is 2.54. The maximum Gasteiger partial charge on any atom is 0.307 e. The maximum absolute atomic E-state index is 12.4. The number of carboxylic acid groups (broad SMARTS) is 1. The van der Waals surface area contributed by atoms with Crippen molar-refractivity contribution in [3.63, 3.8) is 0 Å². The Hall–Kier alpha value is -3.08. The van der Waals surface area contributed by atoms with E-state index in [1.165, 1.54) is 6.07 Å². The van der Waals surface area contributed by atoms with Gasteiger partial charge in [0.1, 0.15) is 17.1 Å². The van der Waals surface area contributed by atoms with Gasteiger partial charge >= 0.3 is 5.97 Å². The van der Waals surface area contributed by atoms with Gasteiger partial charge in [-0.3, -0.25) is 9.59 Å². The van der Waals surface area contributed by atoms with Crippen LogP contribution >= 0.6 is 0 Å². The lowest BCUT2D eigenvalue weighted by Crippen LogP contribution is -2.05. The van der Waals surface area contributed by atoms with Crippen molar-refractivity contribution in [2.24, 2.45) is 0 Å². The number of hydrogen-bond donors (Lipinski definition) is 1. The maximum atomic E-state index is 12.4. The molecule has 1 aromatic heterocycles. The first-order chi connectivity index (χ1) is 11.5. The van der Waals surface area contributed by atoms with E-state index in [-0.39, 0.29) is 11.8 Å². The summed E-state index contributed by atoms with van der Waals surface area (Å²) in [5, 5.41) is 9.42. The SMILES string of the molecule is COc1cc(C)cc(-c2cc(=O)c3cccc(CC(=O)O)c3o2)c1. The number of ether oxygens (including phenoxy) is 1. The van der Waals surface area contributed by atoms with E-state index < -0.39 is 5.97 Å². The molecule has 24 heavy (non-hydrogen) atoms. The van der Waals surface area contributed by atoms with Gasteiger partial charge in [-0.1, -0.05) is 12.1 Å². The van der Waals surface area contributed by atoms with E-state index in [9.17, 15) is 9.59 Å². The van der Waals surface area contributed by atoms with Crippen LogP contribution in [0.2, 0.25) is 0 Å². The number of aryl methyl sites for hydroxylation is 1. The first kappa shape index (κ1) is 15.8. The monoisotopic (exact) mass is 324 g/mol. The number of rotatable bonds is 4. The summed E-state index contributed by atoms with van der Waals surface area (Å²) in [6.07, 6.45) is -0.207. The highest BCUT2D eigenvalue weighted by molar-refractivity contribution is 5.85. The molecule has 0 amide bonds. The number of methoxy groups -OCH3 is 1. The van der Waals surface area contributed by atoms with Crippen molar-refractivity contribution in [2.75, 3.05) is 7.11 Å². The van der Waals surface area contributed by atoms with E-state index in [1.807, 2.05) is 19.1 Å². The predicted molar refractivity (Wildman–Crippen MR) is 90.5 cm³/mol. The summed E-state index contributed by atoms with van der Waals surface area (Å²) in [4.78, 5) is 23.5. The summed E-state index contributed by atoms with van der Waals surface area (Å²) < 4.78 is 11.2. The van der Waals surface area contributed by atoms with Crippen LogP contribution in [-0.4, -0.2) is 18.2 Å². The van der Waals surface area contributed by atoms with Crippen molar-refractivity contribution >= 4 is 16.9 Å². The zero-order valence-electron chi connectivity index (χ0n) is 13.3. The quantitative estimate of drug-likeness (QED) is 0.796. The van der Waals surface area contributed by atoms with Gasteiger partial charge in [0, 0.05) is 17.2 Å². The number of carboxylic acids is 1. The molecule has 5 heteroatoms. The lowest BCUT2D eigenvalue weighted by Gasteiger charge is -2.09. The third-order valence-corrected chi connectivity index (χ3v) is 3.75. The van der Waals surface area contributed by atoms with Crippen LogP contribution in [0.3, 0.4) is 0 Å². The van der Waals surface area contributed by atoms with Crippen molar-refractivity contribution in [1.29, 1.82) is 0 Å². The molecule has 0 saturated carbocycles. The molecule has 0 radical (unpaired) electrons. The molecule has 1 heterocycles. The standard InChI is InChI=1S/C19H16O5/c1-11-6-13(8-14(7-11)23-2)17-10-16(20)15-5-3-4-12(9-18(21)22)19(15)24-17/h3-8,10H,9H2,1-2H3,(H,21,22). The molecule has 0 aliphatic carbocycles. The van der Waals surface area contributed by atoms with E-state index >= 15 is 0 Å². The Morgan fingerprint density at radius 1 is 1.21 bits per heavy atom. The highest BCUT2D eigenvalue weighted by Gasteiger charge is 2.13. The molecule has 2 aromatic carbocycles. The highest BCUT2D eigenvalue weighted by atomic mass is 16.5. The number of benzene rings is 2. The second-order valence-electron chi connectivity index (χ2n) is 5.58. The number of carbonyl (C=O) groups is 1. The number of para-hydroxylation sites is 1. The molecular formula is C19H16O5. The van der Waals surface area contributed by atoms with Crippen molar-refractivity contribution in [3.8, 4) is 17.1 Å². The number of aliphatic carboxylic acids is 1. The molecule has 1 N–H and O–H groups in total. The van der Waals surface area contributed by atoms with Gasteiger partial charge in [-0.15, -0.1) is 0 Å². The van der Waals surface area contributed by atoms with Gasteiger partial charge in [0.25, 0.3) is 0 Å². The average molecular weight is 324 g/mol. The fourth-order valence-electron chi connectivity index (χ4n) is 2.69. The van der Waals surface area contributed by atoms with Gasteiger partial charge in [0.05, 0.1) is 18.9 Å². The fraction of sp³-hybridized carbons (Fsp3) is 0.158. The van der Waals surface area contributed by atoms with Crippen LogP contribution in [0.5, 0.6) is 5.75 Å². The van der Waals surface area contributed by atoms with Crippen molar-refractivity contribution in [3.05, 3.63) is 63.8 Å². The lowest BCUT2D eigenvalue weighted by molar-refractivity contribution is -0.136. The molecule has 3 aromatic rings. The highest BCUT2D eigenvalue weighted by Crippen LogP contribution is 2.28. The summed E-state index contributed by atoms with van der Waals surface area (Å²) in [6.45, 7) is 1.92. The lowest BCUT2D eigenvalue weighted by atomic mass is 10.1. The third-order valence-electron chi connectivity index (χ3n) is 3.75. The second-order valence-corrected chi connectivity index (χ2v) is 5.58. The van der Waals surface area contributed by atoms with Crippen LogP contribution in [0, 0.1) is 6.92 Å². The molecule has 0 unspecified atom stereocenters. The minimum Gasteiger partial charge on any atom is -0.497 e. The summed E-state index contributed by atoms with van der Waals surface area (Å²) in [7, 11) is 1.57. The molecule has 122 valence electrons. The Labute approximate surface area is 138 Å². The van der Waals surface area contributed by atoms with Crippen LogP contribution in [0.4, 0.5) is 0 Å². The van der Waals surface area contributed by atoms with Gasteiger partial charge in [-0.05, 0) is 36.8 Å².